The van der Waals surface area contributed by atoms with E-state index in [1.54, 1.807) is 18.2 Å². The highest BCUT2D eigenvalue weighted by Gasteiger charge is 2.08. The van der Waals surface area contributed by atoms with Crippen molar-refractivity contribution in [3.63, 3.8) is 0 Å². The van der Waals surface area contributed by atoms with Gasteiger partial charge in [0.05, 0.1) is 11.6 Å². The van der Waals surface area contributed by atoms with E-state index in [1.807, 2.05) is 41.1 Å². The van der Waals surface area contributed by atoms with Crippen LogP contribution in [-0.4, -0.2) is 28.7 Å². The Morgan fingerprint density at radius 3 is 2.78 bits per heavy atom. The number of aromatic nitrogens is 1. The predicted molar refractivity (Wildman–Crippen MR) is 90.3 cm³/mol. The maximum atomic E-state index is 11.6. The van der Waals surface area contributed by atoms with E-state index >= 15 is 0 Å². The molecular formula is C18H16ClNO3. The topological polar surface area (TPSA) is 51.5 Å². The molecule has 1 heterocycles. The Labute approximate surface area is 138 Å². The summed E-state index contributed by atoms with van der Waals surface area (Å²) < 4.78 is 7.71. The Morgan fingerprint density at radius 2 is 2.00 bits per heavy atom. The Kier molecular flexibility index (Phi) is 4.65. The van der Waals surface area contributed by atoms with Crippen LogP contribution in [0.4, 0.5) is 0 Å². The van der Waals surface area contributed by atoms with Gasteiger partial charge in [-0.1, -0.05) is 35.9 Å². The van der Waals surface area contributed by atoms with Gasteiger partial charge in [-0.25, -0.2) is 0 Å². The summed E-state index contributed by atoms with van der Waals surface area (Å²) >= 11 is 6.06. The van der Waals surface area contributed by atoms with Crippen molar-refractivity contribution in [3.8, 4) is 5.75 Å². The van der Waals surface area contributed by atoms with E-state index in [9.17, 15) is 4.79 Å². The molecule has 0 amide bonds. The molecule has 0 radical (unpaired) electrons. The molecule has 0 aliphatic carbocycles. The molecule has 0 atom stereocenters. The number of rotatable bonds is 6. The van der Waals surface area contributed by atoms with Crippen molar-refractivity contribution in [2.45, 2.75) is 6.54 Å². The molecule has 2 aromatic carbocycles. The molecule has 0 aliphatic rings. The monoisotopic (exact) mass is 329 g/mol. The molecule has 1 N–H and O–H groups in total. The molecule has 0 unspecified atom stereocenters. The SMILES string of the molecule is O=C(CO)c1ccc2ccn(CCOc3ccccc3Cl)c2c1. The van der Waals surface area contributed by atoms with Crippen LogP contribution in [0.2, 0.25) is 5.02 Å². The first-order valence-corrected chi connectivity index (χ1v) is 7.67. The minimum atomic E-state index is -0.484. The van der Waals surface area contributed by atoms with Crippen molar-refractivity contribution in [1.29, 1.82) is 0 Å². The van der Waals surface area contributed by atoms with Gasteiger partial charge in [0, 0.05) is 17.3 Å². The minimum Gasteiger partial charge on any atom is -0.490 e. The van der Waals surface area contributed by atoms with Gasteiger partial charge in [-0.3, -0.25) is 4.79 Å². The molecule has 118 valence electrons. The maximum Gasteiger partial charge on any atom is 0.188 e. The number of Topliss-reactive ketones (excluding diaryl/α,β-unsaturated/α-hetero) is 1. The molecule has 3 aromatic rings. The molecule has 0 saturated heterocycles. The van der Waals surface area contributed by atoms with Gasteiger partial charge < -0.3 is 14.4 Å². The van der Waals surface area contributed by atoms with E-state index in [1.165, 1.54) is 0 Å². The molecule has 23 heavy (non-hydrogen) atoms. The molecule has 4 nitrogen and oxygen atoms in total. The van der Waals surface area contributed by atoms with E-state index in [0.717, 1.165) is 10.9 Å². The van der Waals surface area contributed by atoms with Crippen LogP contribution >= 0.6 is 11.6 Å². The van der Waals surface area contributed by atoms with E-state index in [4.69, 9.17) is 21.4 Å². The zero-order valence-electron chi connectivity index (χ0n) is 12.4. The average molecular weight is 330 g/mol. The number of hydrogen-bond donors (Lipinski definition) is 1. The number of fused-ring (bicyclic) bond motifs is 1. The molecule has 0 saturated carbocycles. The van der Waals surface area contributed by atoms with Gasteiger partial charge in [-0.2, -0.15) is 0 Å². The van der Waals surface area contributed by atoms with Crippen molar-refractivity contribution >= 4 is 28.3 Å². The minimum absolute atomic E-state index is 0.285. The molecule has 0 aliphatic heterocycles. The third-order valence-corrected chi connectivity index (χ3v) is 3.98. The zero-order chi connectivity index (χ0) is 16.2. The number of hydrogen-bond acceptors (Lipinski definition) is 3. The molecular weight excluding hydrogens is 314 g/mol. The summed E-state index contributed by atoms with van der Waals surface area (Å²) in [4.78, 5) is 11.6. The van der Waals surface area contributed by atoms with E-state index < -0.39 is 6.61 Å². The van der Waals surface area contributed by atoms with Gasteiger partial charge in [-0.15, -0.1) is 0 Å². The number of aliphatic hydroxyl groups excluding tert-OH is 1. The smallest absolute Gasteiger partial charge is 0.188 e. The van der Waals surface area contributed by atoms with Crippen LogP contribution in [0.5, 0.6) is 5.75 Å². The second kappa shape index (κ2) is 6.86. The summed E-state index contributed by atoms with van der Waals surface area (Å²) in [5.41, 5.74) is 1.44. The Morgan fingerprint density at radius 1 is 1.17 bits per heavy atom. The second-order valence-corrected chi connectivity index (χ2v) is 5.55. The molecule has 1 aromatic heterocycles. The summed E-state index contributed by atoms with van der Waals surface area (Å²) in [6.45, 7) is 0.610. The summed E-state index contributed by atoms with van der Waals surface area (Å²) in [5.74, 6) is 0.369. The highest BCUT2D eigenvalue weighted by atomic mass is 35.5. The molecule has 0 spiro atoms. The van der Waals surface area contributed by atoms with Crippen molar-refractivity contribution in [2.75, 3.05) is 13.2 Å². The fourth-order valence-electron chi connectivity index (χ4n) is 2.46. The Bertz CT molecular complexity index is 841. The number of carbonyl (C=O) groups is 1. The number of halogens is 1. The first kappa shape index (κ1) is 15.6. The Hall–Kier alpha value is -2.30. The van der Waals surface area contributed by atoms with Crippen molar-refractivity contribution in [2.24, 2.45) is 0 Å². The lowest BCUT2D eigenvalue weighted by Gasteiger charge is -2.10. The molecule has 3 rings (SSSR count). The number of ketones is 1. The van der Waals surface area contributed by atoms with Crippen LogP contribution < -0.4 is 4.74 Å². The van der Waals surface area contributed by atoms with E-state index in [0.29, 0.717) is 29.5 Å². The van der Waals surface area contributed by atoms with E-state index in [2.05, 4.69) is 0 Å². The fraction of sp³-hybridized carbons (Fsp3) is 0.167. The first-order chi connectivity index (χ1) is 11.2. The Balaban J connectivity index is 1.75. The van der Waals surface area contributed by atoms with Gasteiger partial charge in [-0.05, 0) is 29.7 Å². The summed E-state index contributed by atoms with van der Waals surface area (Å²) in [7, 11) is 0. The van der Waals surface area contributed by atoms with E-state index in [-0.39, 0.29) is 5.78 Å². The van der Waals surface area contributed by atoms with Gasteiger partial charge in [0.2, 0.25) is 0 Å². The number of benzene rings is 2. The number of nitrogens with zero attached hydrogens (tertiary/aromatic N) is 1. The maximum absolute atomic E-state index is 11.6. The third-order valence-electron chi connectivity index (χ3n) is 3.67. The van der Waals surface area contributed by atoms with Crippen molar-refractivity contribution < 1.29 is 14.6 Å². The zero-order valence-corrected chi connectivity index (χ0v) is 13.2. The standard InChI is InChI=1S/C18H16ClNO3/c19-15-3-1-2-4-18(15)23-10-9-20-8-7-13-5-6-14(11-16(13)20)17(22)12-21/h1-8,11,21H,9-10,12H2. The summed E-state index contributed by atoms with van der Waals surface area (Å²) in [6.07, 6.45) is 1.95. The third kappa shape index (κ3) is 3.38. The summed E-state index contributed by atoms with van der Waals surface area (Å²) in [5, 5.41) is 10.6. The largest absolute Gasteiger partial charge is 0.490 e. The van der Waals surface area contributed by atoms with Gasteiger partial charge in [0.25, 0.3) is 0 Å². The normalized spacial score (nSPS) is 10.9. The predicted octanol–water partition coefficient (Wildman–Crippen LogP) is 3.55. The average Bonchev–Trinajstić information content (AvgIpc) is 2.98. The quantitative estimate of drug-likeness (QED) is 0.704. The number of para-hydroxylation sites is 1. The summed E-state index contributed by atoms with van der Waals surface area (Å²) in [6, 6.07) is 14.7. The fourth-order valence-corrected chi connectivity index (χ4v) is 2.65. The lowest BCUT2D eigenvalue weighted by molar-refractivity contribution is 0.0904. The van der Waals surface area contributed by atoms with Crippen LogP contribution in [-0.2, 0) is 6.54 Å². The first-order valence-electron chi connectivity index (χ1n) is 7.29. The van der Waals surface area contributed by atoms with Crippen LogP contribution in [0.15, 0.2) is 54.7 Å². The molecule has 0 bridgehead atoms. The second-order valence-electron chi connectivity index (χ2n) is 5.14. The van der Waals surface area contributed by atoms with Gasteiger partial charge >= 0.3 is 0 Å². The highest BCUT2D eigenvalue weighted by molar-refractivity contribution is 6.32. The lowest BCUT2D eigenvalue weighted by Crippen LogP contribution is -2.08. The van der Waals surface area contributed by atoms with Crippen molar-refractivity contribution in [3.05, 3.63) is 65.3 Å². The van der Waals surface area contributed by atoms with Gasteiger partial charge in [0.1, 0.15) is 19.0 Å². The number of aliphatic hydroxyl groups is 1. The lowest BCUT2D eigenvalue weighted by atomic mass is 10.1. The highest BCUT2D eigenvalue weighted by Crippen LogP contribution is 2.23. The van der Waals surface area contributed by atoms with Crippen molar-refractivity contribution in [1.82, 2.24) is 4.57 Å². The van der Waals surface area contributed by atoms with Crippen LogP contribution in [0.3, 0.4) is 0 Å². The van der Waals surface area contributed by atoms with Crippen LogP contribution in [0.25, 0.3) is 10.9 Å². The number of ether oxygens (including phenoxy) is 1. The molecule has 0 fully saturated rings. The van der Waals surface area contributed by atoms with Crippen LogP contribution in [0.1, 0.15) is 10.4 Å². The molecule has 5 heteroatoms. The van der Waals surface area contributed by atoms with Gasteiger partial charge in [0.15, 0.2) is 5.78 Å². The van der Waals surface area contributed by atoms with Crippen LogP contribution in [0, 0.1) is 0 Å². The number of carbonyl (C=O) groups excluding carboxylic acids is 1.